The van der Waals surface area contributed by atoms with Crippen LogP contribution in [0.25, 0.3) is 0 Å². The highest BCUT2D eigenvalue weighted by molar-refractivity contribution is 5.96. The summed E-state index contributed by atoms with van der Waals surface area (Å²) in [5, 5.41) is 16.6. The lowest BCUT2D eigenvalue weighted by Crippen LogP contribution is -2.30. The van der Waals surface area contributed by atoms with E-state index in [1.54, 1.807) is 10.9 Å². The minimum Gasteiger partial charge on any atom is -0.481 e. The van der Waals surface area contributed by atoms with Gasteiger partial charge in [-0.15, -0.1) is 0 Å². The number of hydrogen-bond acceptors (Lipinski definition) is 3. The lowest BCUT2D eigenvalue weighted by atomic mass is 9.93. The van der Waals surface area contributed by atoms with Gasteiger partial charge in [0.1, 0.15) is 0 Å². The SMILES string of the molecule is Cc1cc(C)cc(C(CC(C)C)NC(=O)c2cc(Cn3cccn3)ccc2CCC(=O)O)c1. The van der Waals surface area contributed by atoms with Crippen molar-refractivity contribution < 1.29 is 14.7 Å². The Morgan fingerprint density at radius 3 is 2.42 bits per heavy atom. The molecule has 0 fully saturated rings. The summed E-state index contributed by atoms with van der Waals surface area (Å²) in [7, 11) is 0. The van der Waals surface area contributed by atoms with Crippen LogP contribution in [0.1, 0.15) is 70.9 Å². The molecule has 6 heteroatoms. The number of carbonyl (C=O) groups is 2. The number of benzene rings is 2. The number of carbonyl (C=O) groups excluding carboxylic acids is 1. The predicted octanol–water partition coefficient (Wildman–Crippen LogP) is 5.08. The van der Waals surface area contributed by atoms with Crippen LogP contribution in [0.2, 0.25) is 0 Å². The van der Waals surface area contributed by atoms with E-state index in [9.17, 15) is 9.59 Å². The zero-order valence-electron chi connectivity index (χ0n) is 19.8. The van der Waals surface area contributed by atoms with Crippen LogP contribution in [0.5, 0.6) is 0 Å². The van der Waals surface area contributed by atoms with Crippen molar-refractivity contribution >= 4 is 11.9 Å². The summed E-state index contributed by atoms with van der Waals surface area (Å²) >= 11 is 0. The van der Waals surface area contributed by atoms with Gasteiger partial charge in [0, 0.05) is 24.4 Å². The number of aromatic nitrogens is 2. The average Bonchev–Trinajstić information content (AvgIpc) is 3.24. The van der Waals surface area contributed by atoms with Gasteiger partial charge in [-0.25, -0.2) is 0 Å². The van der Waals surface area contributed by atoms with Crippen molar-refractivity contribution in [1.29, 1.82) is 0 Å². The molecule has 0 aliphatic carbocycles. The molecule has 0 saturated heterocycles. The molecule has 1 unspecified atom stereocenters. The molecule has 33 heavy (non-hydrogen) atoms. The molecule has 1 amide bonds. The highest BCUT2D eigenvalue weighted by atomic mass is 16.4. The standard InChI is InChI=1S/C27H33N3O3/c1-18(2)12-25(23-14-19(3)13-20(4)15-23)29-27(33)24-16-21(17-30-11-5-10-28-30)6-7-22(24)8-9-26(31)32/h5-7,10-11,13-16,18,25H,8-9,12,17H2,1-4H3,(H,29,33)(H,31,32). The number of amides is 1. The Labute approximate surface area is 195 Å². The summed E-state index contributed by atoms with van der Waals surface area (Å²) in [6, 6.07) is 13.8. The van der Waals surface area contributed by atoms with Crippen molar-refractivity contribution in [2.24, 2.45) is 5.92 Å². The Bertz CT molecular complexity index is 1080. The Morgan fingerprint density at radius 2 is 1.82 bits per heavy atom. The van der Waals surface area contributed by atoms with Gasteiger partial charge in [0.2, 0.25) is 0 Å². The van der Waals surface area contributed by atoms with Crippen LogP contribution < -0.4 is 5.32 Å². The topological polar surface area (TPSA) is 84.2 Å². The van der Waals surface area contributed by atoms with Crippen LogP contribution in [0.4, 0.5) is 0 Å². The lowest BCUT2D eigenvalue weighted by molar-refractivity contribution is -0.136. The molecule has 3 rings (SSSR count). The first-order chi connectivity index (χ1) is 15.7. The fourth-order valence-corrected chi connectivity index (χ4v) is 4.17. The van der Waals surface area contributed by atoms with Gasteiger partial charge >= 0.3 is 5.97 Å². The minimum absolute atomic E-state index is 0.0225. The van der Waals surface area contributed by atoms with Gasteiger partial charge in [-0.2, -0.15) is 5.10 Å². The fraction of sp³-hybridized carbons (Fsp3) is 0.370. The van der Waals surface area contributed by atoms with Crippen LogP contribution in [-0.4, -0.2) is 26.8 Å². The summed E-state index contributed by atoms with van der Waals surface area (Å²) in [5.41, 5.74) is 5.62. The third kappa shape index (κ3) is 7.04. The van der Waals surface area contributed by atoms with E-state index >= 15 is 0 Å². The average molecular weight is 448 g/mol. The number of aliphatic carboxylic acids is 1. The maximum absolute atomic E-state index is 13.5. The number of carboxylic acids is 1. The van der Waals surface area contributed by atoms with E-state index in [-0.39, 0.29) is 18.4 Å². The summed E-state index contributed by atoms with van der Waals surface area (Å²) in [6.45, 7) is 8.95. The van der Waals surface area contributed by atoms with Gasteiger partial charge in [0.25, 0.3) is 5.91 Å². The molecule has 0 radical (unpaired) electrons. The molecule has 0 saturated carbocycles. The van der Waals surface area contributed by atoms with Gasteiger partial charge in [-0.1, -0.05) is 55.3 Å². The Hall–Kier alpha value is -3.41. The van der Waals surface area contributed by atoms with Crippen molar-refractivity contribution in [2.75, 3.05) is 0 Å². The molecule has 1 aromatic heterocycles. The molecule has 6 nitrogen and oxygen atoms in total. The van der Waals surface area contributed by atoms with Gasteiger partial charge < -0.3 is 10.4 Å². The van der Waals surface area contributed by atoms with Crippen molar-refractivity contribution in [3.8, 4) is 0 Å². The van der Waals surface area contributed by atoms with Crippen molar-refractivity contribution in [3.63, 3.8) is 0 Å². The van der Waals surface area contributed by atoms with E-state index in [1.807, 2.05) is 30.5 Å². The van der Waals surface area contributed by atoms with E-state index in [2.05, 4.69) is 56.3 Å². The van der Waals surface area contributed by atoms with Gasteiger partial charge in [0.05, 0.1) is 12.6 Å². The Balaban J connectivity index is 1.92. The highest BCUT2D eigenvalue weighted by Gasteiger charge is 2.20. The summed E-state index contributed by atoms with van der Waals surface area (Å²) < 4.78 is 1.80. The second kappa shape index (κ2) is 10.9. The quantitative estimate of drug-likeness (QED) is 0.454. The maximum atomic E-state index is 13.5. The van der Waals surface area contributed by atoms with Crippen molar-refractivity contribution in [3.05, 3.63) is 88.2 Å². The van der Waals surface area contributed by atoms with Crippen LogP contribution in [0.3, 0.4) is 0 Å². The van der Waals surface area contributed by atoms with Crippen LogP contribution >= 0.6 is 0 Å². The molecule has 3 aromatic rings. The molecule has 0 bridgehead atoms. The third-order valence-electron chi connectivity index (χ3n) is 5.59. The van der Waals surface area contributed by atoms with Crippen LogP contribution in [0, 0.1) is 19.8 Å². The van der Waals surface area contributed by atoms with Crippen molar-refractivity contribution in [1.82, 2.24) is 15.1 Å². The third-order valence-corrected chi connectivity index (χ3v) is 5.59. The normalized spacial score (nSPS) is 12.0. The lowest BCUT2D eigenvalue weighted by Gasteiger charge is -2.23. The van der Waals surface area contributed by atoms with Crippen molar-refractivity contribution in [2.45, 2.75) is 59.5 Å². The second-order valence-corrected chi connectivity index (χ2v) is 9.17. The minimum atomic E-state index is -0.880. The zero-order chi connectivity index (χ0) is 24.0. The molecule has 2 N–H and O–H groups in total. The molecule has 0 spiro atoms. The molecule has 174 valence electrons. The van der Waals surface area contributed by atoms with Crippen LogP contribution in [0.15, 0.2) is 54.9 Å². The molecule has 0 aliphatic rings. The van der Waals surface area contributed by atoms with Gasteiger partial charge in [-0.3, -0.25) is 14.3 Å². The fourth-order valence-electron chi connectivity index (χ4n) is 4.17. The van der Waals surface area contributed by atoms with Crippen LogP contribution in [-0.2, 0) is 17.8 Å². The number of hydrogen-bond donors (Lipinski definition) is 2. The number of nitrogens with zero attached hydrogens (tertiary/aromatic N) is 2. The summed E-state index contributed by atoms with van der Waals surface area (Å²) in [6.07, 6.45) is 4.68. The predicted molar refractivity (Wildman–Crippen MR) is 129 cm³/mol. The monoisotopic (exact) mass is 447 g/mol. The van der Waals surface area contributed by atoms with E-state index in [0.29, 0.717) is 24.4 Å². The molecule has 1 atom stereocenters. The smallest absolute Gasteiger partial charge is 0.303 e. The number of nitrogens with one attached hydrogen (secondary N) is 1. The summed E-state index contributed by atoms with van der Waals surface area (Å²) in [5.74, 6) is -0.661. The number of aryl methyl sites for hydroxylation is 3. The van der Waals surface area contributed by atoms with Gasteiger partial charge in [0.15, 0.2) is 0 Å². The van der Waals surface area contributed by atoms with E-state index < -0.39 is 5.97 Å². The van der Waals surface area contributed by atoms with E-state index in [0.717, 1.165) is 34.2 Å². The number of rotatable bonds is 10. The maximum Gasteiger partial charge on any atom is 0.303 e. The Kier molecular flexibility index (Phi) is 8.04. The number of carboxylic acid groups (broad SMARTS) is 1. The first-order valence-electron chi connectivity index (χ1n) is 11.4. The van der Waals surface area contributed by atoms with E-state index in [4.69, 9.17) is 5.11 Å². The molecule has 2 aromatic carbocycles. The first kappa shape index (κ1) is 24.2. The Morgan fingerprint density at radius 1 is 1.09 bits per heavy atom. The molecule has 1 heterocycles. The van der Waals surface area contributed by atoms with E-state index in [1.165, 1.54) is 0 Å². The summed E-state index contributed by atoms with van der Waals surface area (Å²) in [4.78, 5) is 24.7. The molecular weight excluding hydrogens is 414 g/mol. The first-order valence-corrected chi connectivity index (χ1v) is 11.4. The zero-order valence-corrected chi connectivity index (χ0v) is 19.8. The molecular formula is C27H33N3O3. The molecule has 0 aliphatic heterocycles. The second-order valence-electron chi connectivity index (χ2n) is 9.17. The van der Waals surface area contributed by atoms with Gasteiger partial charge in [-0.05, 0) is 61.4 Å². The highest BCUT2D eigenvalue weighted by Crippen LogP contribution is 2.25. The largest absolute Gasteiger partial charge is 0.481 e.